The molecule has 0 N–H and O–H groups in total. The molecule has 0 bridgehead atoms. The Morgan fingerprint density at radius 1 is 1.12 bits per heavy atom. The van der Waals surface area contributed by atoms with Crippen molar-refractivity contribution in [2.75, 3.05) is 6.61 Å². The Bertz CT molecular complexity index is 1110. The summed E-state index contributed by atoms with van der Waals surface area (Å²) < 4.78 is 59.1. The molecule has 3 aromatic rings. The quantitative estimate of drug-likeness (QED) is 0.346. The SMILES string of the molecule is CC1(COCc2ccc(Oc3ccc(OC(F)(F)F)cc3)cc2)Cn2cc([N+](=O)[O-])nc2O1. The number of hydrogen-bond acceptors (Lipinski definition) is 7. The maximum atomic E-state index is 12.2. The second-order valence-electron chi connectivity index (χ2n) is 7.58. The molecule has 1 unspecified atom stereocenters. The highest BCUT2D eigenvalue weighted by Crippen LogP contribution is 2.31. The Balaban J connectivity index is 1.25. The molecule has 0 amide bonds. The first-order valence-corrected chi connectivity index (χ1v) is 9.70. The van der Waals surface area contributed by atoms with E-state index in [4.69, 9.17) is 14.2 Å². The Labute approximate surface area is 185 Å². The topological polar surface area (TPSA) is 97.9 Å². The fourth-order valence-electron chi connectivity index (χ4n) is 3.24. The Kier molecular flexibility index (Phi) is 5.85. The zero-order chi connectivity index (χ0) is 23.6. The lowest BCUT2D eigenvalue weighted by atomic mass is 10.1. The molecule has 33 heavy (non-hydrogen) atoms. The fraction of sp³-hybridized carbons (Fsp3) is 0.286. The van der Waals surface area contributed by atoms with Crippen molar-refractivity contribution in [3.05, 3.63) is 70.4 Å². The molecule has 1 aliphatic rings. The standard InChI is InChI=1S/C21H18F3N3O6/c1-20(12-26-10-18(27(28)29)25-19(26)33-20)13-30-11-14-2-4-15(5-3-14)31-16-6-8-17(9-7-16)32-21(22,23)24/h2-10H,11-13H2,1H3. The second-order valence-corrected chi connectivity index (χ2v) is 7.58. The summed E-state index contributed by atoms with van der Waals surface area (Å²) in [5, 5.41) is 10.8. The molecule has 174 valence electrons. The van der Waals surface area contributed by atoms with E-state index in [1.165, 1.54) is 30.5 Å². The van der Waals surface area contributed by atoms with Crippen molar-refractivity contribution in [3.63, 3.8) is 0 Å². The van der Waals surface area contributed by atoms with Crippen LogP contribution in [0.15, 0.2) is 54.7 Å². The first kappa shape index (κ1) is 22.4. The van der Waals surface area contributed by atoms with Crippen LogP contribution in [0.4, 0.5) is 19.0 Å². The number of nitro groups is 1. The zero-order valence-corrected chi connectivity index (χ0v) is 17.2. The lowest BCUT2D eigenvalue weighted by molar-refractivity contribution is -0.389. The third kappa shape index (κ3) is 5.71. The third-order valence-electron chi connectivity index (χ3n) is 4.65. The number of imidazole rings is 1. The van der Waals surface area contributed by atoms with Gasteiger partial charge in [0.15, 0.2) is 5.60 Å². The van der Waals surface area contributed by atoms with Crippen LogP contribution in [0, 0.1) is 10.1 Å². The van der Waals surface area contributed by atoms with Gasteiger partial charge in [0.2, 0.25) is 0 Å². The maximum absolute atomic E-state index is 12.2. The summed E-state index contributed by atoms with van der Waals surface area (Å²) in [6.45, 7) is 2.75. The second kappa shape index (κ2) is 8.62. The average Bonchev–Trinajstić information content (AvgIpc) is 3.25. The predicted octanol–water partition coefficient (Wildman–Crippen LogP) is 4.85. The molecule has 1 aromatic heterocycles. The van der Waals surface area contributed by atoms with Crippen LogP contribution >= 0.6 is 0 Å². The highest BCUT2D eigenvalue weighted by molar-refractivity contribution is 5.36. The Morgan fingerprint density at radius 3 is 2.30 bits per heavy atom. The van der Waals surface area contributed by atoms with E-state index in [0.717, 1.165) is 5.56 Å². The van der Waals surface area contributed by atoms with Crippen LogP contribution in [0.1, 0.15) is 12.5 Å². The van der Waals surface area contributed by atoms with Gasteiger partial charge < -0.3 is 29.1 Å². The van der Waals surface area contributed by atoms with Crippen molar-refractivity contribution in [3.8, 4) is 23.3 Å². The van der Waals surface area contributed by atoms with Crippen molar-refractivity contribution >= 4 is 5.82 Å². The molecular formula is C21H18F3N3O6. The minimum atomic E-state index is -4.75. The molecule has 0 radical (unpaired) electrons. The number of halogens is 3. The molecule has 2 heterocycles. The van der Waals surface area contributed by atoms with Gasteiger partial charge in [0.1, 0.15) is 23.4 Å². The van der Waals surface area contributed by atoms with Crippen LogP contribution in [0.25, 0.3) is 0 Å². The van der Waals surface area contributed by atoms with E-state index >= 15 is 0 Å². The molecule has 2 aromatic carbocycles. The van der Waals surface area contributed by atoms with Crippen molar-refractivity contribution in [1.82, 2.24) is 9.55 Å². The van der Waals surface area contributed by atoms with Crippen molar-refractivity contribution in [2.24, 2.45) is 0 Å². The summed E-state index contributed by atoms with van der Waals surface area (Å²) in [7, 11) is 0. The van der Waals surface area contributed by atoms with E-state index in [1.807, 2.05) is 6.92 Å². The average molecular weight is 465 g/mol. The first-order valence-electron chi connectivity index (χ1n) is 9.70. The summed E-state index contributed by atoms with van der Waals surface area (Å²) in [6.07, 6.45) is -3.42. The number of aromatic nitrogens is 2. The predicted molar refractivity (Wildman–Crippen MR) is 107 cm³/mol. The summed E-state index contributed by atoms with van der Waals surface area (Å²) in [5.41, 5.74) is 0.175. The Morgan fingerprint density at radius 2 is 1.73 bits per heavy atom. The summed E-state index contributed by atoms with van der Waals surface area (Å²) in [4.78, 5) is 14.0. The molecule has 1 aliphatic heterocycles. The van der Waals surface area contributed by atoms with Gasteiger partial charge in [0.05, 0.1) is 19.8 Å². The first-order chi connectivity index (χ1) is 15.6. The largest absolute Gasteiger partial charge is 0.573 e. The fourth-order valence-corrected chi connectivity index (χ4v) is 3.24. The Hall–Kier alpha value is -3.80. The van der Waals surface area contributed by atoms with Gasteiger partial charge in [-0.15, -0.1) is 13.2 Å². The van der Waals surface area contributed by atoms with E-state index in [0.29, 0.717) is 24.7 Å². The van der Waals surface area contributed by atoms with Crippen molar-refractivity contribution in [2.45, 2.75) is 32.0 Å². The normalized spacial score (nSPS) is 17.3. The molecule has 9 nitrogen and oxygen atoms in total. The lowest BCUT2D eigenvalue weighted by Gasteiger charge is -2.21. The van der Waals surface area contributed by atoms with Gasteiger partial charge in [-0.3, -0.25) is 4.57 Å². The number of alkyl halides is 3. The van der Waals surface area contributed by atoms with Gasteiger partial charge >= 0.3 is 18.2 Å². The molecule has 0 aliphatic carbocycles. The zero-order valence-electron chi connectivity index (χ0n) is 17.2. The van der Waals surface area contributed by atoms with Crippen LogP contribution in [0.5, 0.6) is 23.3 Å². The van der Waals surface area contributed by atoms with Crippen LogP contribution < -0.4 is 14.2 Å². The number of hydrogen-bond donors (Lipinski definition) is 0. The minimum absolute atomic E-state index is 0.187. The number of fused-ring (bicyclic) bond motifs is 1. The molecule has 0 spiro atoms. The number of nitrogens with zero attached hydrogens (tertiary/aromatic N) is 3. The van der Waals surface area contributed by atoms with Crippen LogP contribution in [-0.2, 0) is 17.9 Å². The van der Waals surface area contributed by atoms with Crippen molar-refractivity contribution < 1.29 is 37.0 Å². The van der Waals surface area contributed by atoms with E-state index in [2.05, 4.69) is 9.72 Å². The van der Waals surface area contributed by atoms with Crippen LogP contribution in [0.3, 0.4) is 0 Å². The maximum Gasteiger partial charge on any atom is 0.573 e. The van der Waals surface area contributed by atoms with E-state index in [9.17, 15) is 23.3 Å². The summed E-state index contributed by atoms with van der Waals surface area (Å²) in [5.74, 6) is 0.267. The van der Waals surface area contributed by atoms with Crippen LogP contribution in [-0.4, -0.2) is 33.0 Å². The molecule has 4 rings (SSSR count). The van der Waals surface area contributed by atoms with Crippen molar-refractivity contribution in [1.29, 1.82) is 0 Å². The molecule has 0 saturated heterocycles. The molecule has 0 fully saturated rings. The smallest absolute Gasteiger partial charge is 0.457 e. The molecular weight excluding hydrogens is 447 g/mol. The van der Waals surface area contributed by atoms with Crippen LogP contribution in [0.2, 0.25) is 0 Å². The minimum Gasteiger partial charge on any atom is -0.457 e. The van der Waals surface area contributed by atoms with E-state index < -0.39 is 16.9 Å². The highest BCUT2D eigenvalue weighted by atomic mass is 19.4. The van der Waals surface area contributed by atoms with Gasteiger partial charge in [0.25, 0.3) is 0 Å². The highest BCUT2D eigenvalue weighted by Gasteiger charge is 2.40. The third-order valence-corrected chi connectivity index (χ3v) is 4.65. The number of ether oxygens (including phenoxy) is 4. The van der Waals surface area contributed by atoms with Gasteiger partial charge in [-0.2, -0.15) is 0 Å². The monoisotopic (exact) mass is 465 g/mol. The van der Waals surface area contributed by atoms with Gasteiger partial charge in [-0.25, -0.2) is 0 Å². The summed E-state index contributed by atoms with van der Waals surface area (Å²) >= 11 is 0. The molecule has 0 saturated carbocycles. The van der Waals surface area contributed by atoms with E-state index in [1.54, 1.807) is 28.8 Å². The number of rotatable bonds is 8. The number of benzene rings is 2. The van der Waals surface area contributed by atoms with Gasteiger partial charge in [-0.1, -0.05) is 12.1 Å². The molecule has 12 heteroatoms. The van der Waals surface area contributed by atoms with Gasteiger partial charge in [0, 0.05) is 4.98 Å². The summed E-state index contributed by atoms with van der Waals surface area (Å²) in [6, 6.07) is 12.3. The molecule has 1 atom stereocenters. The van der Waals surface area contributed by atoms with E-state index in [-0.39, 0.29) is 24.2 Å². The van der Waals surface area contributed by atoms with Gasteiger partial charge in [-0.05, 0) is 53.8 Å². The lowest BCUT2D eigenvalue weighted by Crippen LogP contribution is -2.36.